The number of carbonyl (C=O) groups excluding carboxylic acids is 1. The van der Waals surface area contributed by atoms with Crippen molar-refractivity contribution in [2.24, 2.45) is 0 Å². The van der Waals surface area contributed by atoms with Crippen LogP contribution in [0.4, 0.5) is 4.39 Å². The molecule has 1 N–H and O–H groups in total. The standard InChI is InChI=1S/C8H13FO5S/c1-6(2)8(10)14-4-3-7(9)5-15(11,12)13/h7H,1,3-5H2,2H3,(H,11,12,13). The molecular formula is C8H13FO5S. The molecule has 0 bridgehead atoms. The molecule has 0 aliphatic heterocycles. The van der Waals surface area contributed by atoms with E-state index in [1.165, 1.54) is 6.92 Å². The maximum Gasteiger partial charge on any atom is 0.333 e. The monoisotopic (exact) mass is 240 g/mol. The zero-order valence-electron chi connectivity index (χ0n) is 8.27. The van der Waals surface area contributed by atoms with Crippen molar-refractivity contribution in [3.8, 4) is 0 Å². The third kappa shape index (κ3) is 8.07. The summed E-state index contributed by atoms with van der Waals surface area (Å²) in [4.78, 5) is 10.8. The van der Waals surface area contributed by atoms with Gasteiger partial charge in [0, 0.05) is 12.0 Å². The fraction of sp³-hybridized carbons (Fsp3) is 0.625. The first-order valence-corrected chi connectivity index (χ1v) is 5.75. The van der Waals surface area contributed by atoms with Crippen molar-refractivity contribution in [3.63, 3.8) is 0 Å². The summed E-state index contributed by atoms with van der Waals surface area (Å²) in [5.41, 5.74) is 0.181. The van der Waals surface area contributed by atoms with Crippen molar-refractivity contribution in [2.45, 2.75) is 19.5 Å². The molecule has 0 aromatic carbocycles. The summed E-state index contributed by atoms with van der Waals surface area (Å²) >= 11 is 0. The Bertz CT molecular complexity index is 335. The summed E-state index contributed by atoms with van der Waals surface area (Å²) in [5.74, 6) is -1.65. The number of alkyl halides is 1. The van der Waals surface area contributed by atoms with Crippen molar-refractivity contribution in [2.75, 3.05) is 12.4 Å². The molecule has 7 heteroatoms. The average Bonchev–Trinajstić information content (AvgIpc) is 2.00. The van der Waals surface area contributed by atoms with E-state index in [4.69, 9.17) is 4.55 Å². The van der Waals surface area contributed by atoms with Gasteiger partial charge in [0.15, 0.2) is 0 Å². The number of hydrogen-bond donors (Lipinski definition) is 1. The Balaban J connectivity index is 3.78. The lowest BCUT2D eigenvalue weighted by Crippen LogP contribution is -2.19. The molecule has 0 amide bonds. The molecule has 0 spiro atoms. The van der Waals surface area contributed by atoms with Crippen LogP contribution in [0.15, 0.2) is 12.2 Å². The van der Waals surface area contributed by atoms with Gasteiger partial charge in [-0.25, -0.2) is 9.18 Å². The molecular weight excluding hydrogens is 227 g/mol. The van der Waals surface area contributed by atoms with E-state index in [0.717, 1.165) is 0 Å². The van der Waals surface area contributed by atoms with Gasteiger partial charge in [-0.2, -0.15) is 8.42 Å². The van der Waals surface area contributed by atoms with Gasteiger partial charge in [-0.1, -0.05) is 6.58 Å². The van der Waals surface area contributed by atoms with Crippen LogP contribution < -0.4 is 0 Å². The van der Waals surface area contributed by atoms with Gasteiger partial charge in [0.25, 0.3) is 10.1 Å². The highest BCUT2D eigenvalue weighted by Gasteiger charge is 2.16. The molecule has 0 saturated carbocycles. The molecule has 88 valence electrons. The van der Waals surface area contributed by atoms with Crippen LogP contribution in [0.25, 0.3) is 0 Å². The van der Waals surface area contributed by atoms with Gasteiger partial charge in [-0.3, -0.25) is 4.55 Å². The molecule has 0 aliphatic rings. The van der Waals surface area contributed by atoms with E-state index < -0.39 is 28.0 Å². The number of halogens is 1. The minimum Gasteiger partial charge on any atom is -0.462 e. The molecule has 0 rings (SSSR count). The van der Waals surface area contributed by atoms with Crippen LogP contribution in [0.3, 0.4) is 0 Å². The van der Waals surface area contributed by atoms with Gasteiger partial charge >= 0.3 is 5.97 Å². The second kappa shape index (κ2) is 5.82. The third-order valence-corrected chi connectivity index (χ3v) is 2.19. The highest BCUT2D eigenvalue weighted by atomic mass is 32.2. The number of rotatable bonds is 6. The van der Waals surface area contributed by atoms with Crippen LogP contribution in [-0.2, 0) is 19.6 Å². The third-order valence-electron chi connectivity index (χ3n) is 1.40. The van der Waals surface area contributed by atoms with Gasteiger partial charge in [-0.15, -0.1) is 0 Å². The molecule has 0 fully saturated rings. The van der Waals surface area contributed by atoms with Gasteiger partial charge < -0.3 is 4.74 Å². The van der Waals surface area contributed by atoms with E-state index in [2.05, 4.69) is 11.3 Å². The van der Waals surface area contributed by atoms with E-state index in [1.807, 2.05) is 0 Å². The van der Waals surface area contributed by atoms with E-state index in [0.29, 0.717) is 0 Å². The molecule has 15 heavy (non-hydrogen) atoms. The maximum absolute atomic E-state index is 12.8. The van der Waals surface area contributed by atoms with Gasteiger partial charge in [0.1, 0.15) is 11.9 Å². The lowest BCUT2D eigenvalue weighted by Gasteiger charge is -2.07. The number of hydrogen-bond acceptors (Lipinski definition) is 4. The Morgan fingerprint density at radius 2 is 2.13 bits per heavy atom. The van der Waals surface area contributed by atoms with Crippen LogP contribution in [0, 0.1) is 0 Å². The Morgan fingerprint density at radius 1 is 1.60 bits per heavy atom. The van der Waals surface area contributed by atoms with Crippen molar-refractivity contribution >= 4 is 16.1 Å². The fourth-order valence-electron chi connectivity index (χ4n) is 0.715. The molecule has 1 unspecified atom stereocenters. The second-order valence-electron chi connectivity index (χ2n) is 3.05. The molecule has 0 aromatic heterocycles. The topological polar surface area (TPSA) is 80.7 Å². The summed E-state index contributed by atoms with van der Waals surface area (Å²) in [5, 5.41) is 0. The van der Waals surface area contributed by atoms with E-state index >= 15 is 0 Å². The number of ether oxygens (including phenoxy) is 1. The Hall–Kier alpha value is -0.950. The molecule has 5 nitrogen and oxygen atoms in total. The lowest BCUT2D eigenvalue weighted by molar-refractivity contribution is -0.139. The van der Waals surface area contributed by atoms with Crippen LogP contribution >= 0.6 is 0 Å². The summed E-state index contributed by atoms with van der Waals surface area (Å²) in [6.45, 7) is 4.50. The Morgan fingerprint density at radius 3 is 2.53 bits per heavy atom. The fourth-order valence-corrected chi connectivity index (χ4v) is 1.34. The van der Waals surface area contributed by atoms with E-state index in [9.17, 15) is 17.6 Å². The molecule has 1 atom stereocenters. The average molecular weight is 240 g/mol. The second-order valence-corrected chi connectivity index (χ2v) is 4.55. The minimum absolute atomic E-state index is 0.181. The molecule has 0 aliphatic carbocycles. The Kier molecular flexibility index (Phi) is 5.45. The SMILES string of the molecule is C=C(C)C(=O)OCCC(F)CS(=O)(=O)O. The zero-order chi connectivity index (χ0) is 12.1. The highest BCUT2D eigenvalue weighted by molar-refractivity contribution is 7.85. The van der Waals surface area contributed by atoms with Gasteiger partial charge in [0.05, 0.1) is 6.61 Å². The quantitative estimate of drug-likeness (QED) is 0.420. The van der Waals surface area contributed by atoms with Gasteiger partial charge in [-0.05, 0) is 6.92 Å². The lowest BCUT2D eigenvalue weighted by atomic mass is 10.3. The summed E-state index contributed by atoms with van der Waals surface area (Å²) in [6, 6.07) is 0. The molecule has 0 aromatic rings. The Labute approximate surface area is 87.7 Å². The van der Waals surface area contributed by atoms with Gasteiger partial charge in [0.2, 0.25) is 0 Å². The van der Waals surface area contributed by atoms with Crippen molar-refractivity contribution in [3.05, 3.63) is 12.2 Å². The first-order valence-electron chi connectivity index (χ1n) is 4.14. The zero-order valence-corrected chi connectivity index (χ0v) is 9.09. The smallest absolute Gasteiger partial charge is 0.333 e. The van der Waals surface area contributed by atoms with Crippen molar-refractivity contribution in [1.29, 1.82) is 0 Å². The normalized spacial score (nSPS) is 13.3. The summed E-state index contributed by atoms with van der Waals surface area (Å²) in [6.07, 6.45) is -2.03. The largest absolute Gasteiger partial charge is 0.462 e. The predicted molar refractivity (Wildman–Crippen MR) is 51.7 cm³/mol. The van der Waals surface area contributed by atoms with Crippen LogP contribution in [0.5, 0.6) is 0 Å². The van der Waals surface area contributed by atoms with E-state index in [-0.39, 0.29) is 18.6 Å². The first-order chi connectivity index (χ1) is 6.72. The molecule has 0 heterocycles. The van der Waals surface area contributed by atoms with Crippen molar-refractivity contribution in [1.82, 2.24) is 0 Å². The highest BCUT2D eigenvalue weighted by Crippen LogP contribution is 2.03. The number of carbonyl (C=O) groups is 1. The predicted octanol–water partition coefficient (Wildman–Crippen LogP) is 0.722. The summed E-state index contributed by atoms with van der Waals surface area (Å²) in [7, 11) is -4.32. The van der Waals surface area contributed by atoms with Crippen LogP contribution in [0.2, 0.25) is 0 Å². The van der Waals surface area contributed by atoms with Crippen LogP contribution in [-0.4, -0.2) is 37.5 Å². The van der Waals surface area contributed by atoms with Crippen LogP contribution in [0.1, 0.15) is 13.3 Å². The first kappa shape index (κ1) is 14.1. The number of esters is 1. The maximum atomic E-state index is 12.8. The van der Waals surface area contributed by atoms with E-state index in [1.54, 1.807) is 0 Å². The minimum atomic E-state index is -4.32. The molecule has 0 radical (unpaired) electrons. The summed E-state index contributed by atoms with van der Waals surface area (Å²) < 4.78 is 46.1. The van der Waals surface area contributed by atoms with Crippen molar-refractivity contribution < 1.29 is 26.9 Å². The molecule has 0 saturated heterocycles.